The van der Waals surface area contributed by atoms with Crippen molar-refractivity contribution < 1.29 is 4.74 Å². The van der Waals surface area contributed by atoms with Gasteiger partial charge in [-0.25, -0.2) is 0 Å². The third-order valence-corrected chi connectivity index (χ3v) is 6.50. The molecule has 0 amide bonds. The predicted octanol–water partition coefficient (Wildman–Crippen LogP) is 4.42. The Morgan fingerprint density at radius 1 is 1.35 bits per heavy atom. The Labute approximate surface area is 140 Å². The van der Waals surface area contributed by atoms with Crippen LogP contribution in [-0.4, -0.2) is 20.7 Å². The number of halogens is 2. The largest absolute Gasteiger partial charge is 0.497 e. The number of ether oxygens (including phenoxy) is 1. The monoisotopic (exact) mass is 418 g/mol. The summed E-state index contributed by atoms with van der Waals surface area (Å²) < 4.78 is 7.43. The summed E-state index contributed by atoms with van der Waals surface area (Å²) in [7, 11) is 3.72. The third-order valence-electron chi connectivity index (χ3n) is 3.14. The lowest BCUT2D eigenvalue weighted by molar-refractivity contribution is 0.414. The number of hydrogen-bond acceptors (Lipinski definition) is 4. The number of likely N-dealkylation sites (N-methyl/N-ethyl adjacent to an activating group) is 1. The van der Waals surface area contributed by atoms with Crippen LogP contribution in [0.4, 0.5) is 5.69 Å². The molecule has 0 aliphatic rings. The Morgan fingerprint density at radius 2 is 2.10 bits per heavy atom. The predicted molar refractivity (Wildman–Crippen MR) is 92.9 cm³/mol. The molecule has 0 saturated heterocycles. The maximum atomic E-state index is 5.98. The number of anilines is 1. The Balaban J connectivity index is 2.30. The highest BCUT2D eigenvalue weighted by molar-refractivity contribution is 9.13. The van der Waals surface area contributed by atoms with Crippen LogP contribution in [0.15, 0.2) is 38.6 Å². The van der Waals surface area contributed by atoms with Crippen molar-refractivity contribution in [3.8, 4) is 5.75 Å². The molecule has 1 heterocycles. The Hall–Kier alpha value is -0.560. The lowest BCUT2D eigenvalue weighted by Gasteiger charge is -2.28. The molecule has 1 unspecified atom stereocenters. The molecule has 2 aromatic rings. The fourth-order valence-corrected chi connectivity index (χ4v) is 4.25. The molecule has 0 aliphatic heterocycles. The van der Waals surface area contributed by atoms with Crippen molar-refractivity contribution in [2.75, 3.05) is 25.6 Å². The van der Waals surface area contributed by atoms with E-state index in [9.17, 15) is 0 Å². The SMILES string of the molecule is COc1cccc(N(C)C(CN)c2cc(Br)c(Br)s2)c1. The van der Waals surface area contributed by atoms with E-state index in [0.29, 0.717) is 6.54 Å². The molecule has 0 fully saturated rings. The molecule has 0 radical (unpaired) electrons. The number of methoxy groups -OCH3 is 1. The molecule has 1 atom stereocenters. The first-order valence-electron chi connectivity index (χ1n) is 6.08. The Kier molecular flexibility index (Phi) is 5.49. The maximum Gasteiger partial charge on any atom is 0.120 e. The summed E-state index contributed by atoms with van der Waals surface area (Å²) in [5.74, 6) is 0.846. The van der Waals surface area contributed by atoms with Crippen LogP contribution in [0.1, 0.15) is 10.9 Å². The molecular weight excluding hydrogens is 404 g/mol. The lowest BCUT2D eigenvalue weighted by atomic mass is 10.2. The minimum absolute atomic E-state index is 0.134. The fraction of sp³-hybridized carbons (Fsp3) is 0.286. The van der Waals surface area contributed by atoms with Crippen LogP contribution in [-0.2, 0) is 0 Å². The molecule has 2 N–H and O–H groups in total. The van der Waals surface area contributed by atoms with Gasteiger partial charge in [-0.15, -0.1) is 11.3 Å². The van der Waals surface area contributed by atoms with Gasteiger partial charge in [-0.1, -0.05) is 6.07 Å². The van der Waals surface area contributed by atoms with Crippen LogP contribution >= 0.6 is 43.2 Å². The van der Waals surface area contributed by atoms with E-state index in [1.807, 2.05) is 25.2 Å². The molecule has 20 heavy (non-hydrogen) atoms. The summed E-state index contributed by atoms with van der Waals surface area (Å²) in [6, 6.07) is 10.2. The molecule has 108 valence electrons. The first-order chi connectivity index (χ1) is 9.56. The topological polar surface area (TPSA) is 38.5 Å². The zero-order valence-electron chi connectivity index (χ0n) is 11.3. The molecule has 0 saturated carbocycles. The van der Waals surface area contributed by atoms with Gasteiger partial charge < -0.3 is 15.4 Å². The number of thiophene rings is 1. The van der Waals surface area contributed by atoms with E-state index in [2.05, 4.69) is 48.9 Å². The highest BCUT2D eigenvalue weighted by Crippen LogP contribution is 2.38. The number of hydrogen-bond donors (Lipinski definition) is 1. The minimum Gasteiger partial charge on any atom is -0.497 e. The number of benzene rings is 1. The van der Waals surface area contributed by atoms with Gasteiger partial charge in [0.05, 0.1) is 16.9 Å². The summed E-state index contributed by atoms with van der Waals surface area (Å²) in [6.07, 6.45) is 0. The fourth-order valence-electron chi connectivity index (χ4n) is 2.00. The zero-order chi connectivity index (χ0) is 14.7. The molecule has 0 aliphatic carbocycles. The van der Waals surface area contributed by atoms with Crippen LogP contribution in [0.25, 0.3) is 0 Å². The van der Waals surface area contributed by atoms with Gasteiger partial charge in [-0.3, -0.25) is 0 Å². The van der Waals surface area contributed by atoms with E-state index in [-0.39, 0.29) is 6.04 Å². The molecular formula is C14H16Br2N2OS. The number of nitrogens with two attached hydrogens (primary N) is 1. The van der Waals surface area contributed by atoms with Gasteiger partial charge in [0, 0.05) is 34.7 Å². The van der Waals surface area contributed by atoms with Crippen molar-refractivity contribution >= 4 is 48.9 Å². The second-order valence-electron chi connectivity index (χ2n) is 4.33. The van der Waals surface area contributed by atoms with Crippen molar-refractivity contribution in [2.45, 2.75) is 6.04 Å². The summed E-state index contributed by atoms with van der Waals surface area (Å²) in [6.45, 7) is 0.549. The average molecular weight is 420 g/mol. The highest BCUT2D eigenvalue weighted by atomic mass is 79.9. The van der Waals surface area contributed by atoms with Crippen molar-refractivity contribution in [1.82, 2.24) is 0 Å². The molecule has 2 rings (SSSR count). The first kappa shape index (κ1) is 15.8. The highest BCUT2D eigenvalue weighted by Gasteiger charge is 2.19. The Morgan fingerprint density at radius 3 is 2.65 bits per heavy atom. The van der Waals surface area contributed by atoms with E-state index in [0.717, 1.165) is 19.7 Å². The summed E-state index contributed by atoms with van der Waals surface area (Å²) in [5.41, 5.74) is 7.06. The summed E-state index contributed by atoms with van der Waals surface area (Å²) in [5, 5.41) is 0. The van der Waals surface area contributed by atoms with Crippen LogP contribution in [0.3, 0.4) is 0 Å². The van der Waals surface area contributed by atoms with Gasteiger partial charge in [0.25, 0.3) is 0 Å². The van der Waals surface area contributed by atoms with E-state index in [1.165, 1.54) is 4.88 Å². The Bertz CT molecular complexity index is 569. The normalized spacial score (nSPS) is 12.2. The quantitative estimate of drug-likeness (QED) is 0.779. The van der Waals surface area contributed by atoms with Crippen LogP contribution in [0.2, 0.25) is 0 Å². The van der Waals surface area contributed by atoms with Crippen molar-refractivity contribution in [3.05, 3.63) is 43.5 Å². The van der Waals surface area contributed by atoms with E-state index < -0.39 is 0 Å². The van der Waals surface area contributed by atoms with Crippen molar-refractivity contribution in [2.24, 2.45) is 5.73 Å². The molecule has 0 bridgehead atoms. The molecule has 1 aromatic carbocycles. The molecule has 0 spiro atoms. The van der Waals surface area contributed by atoms with Gasteiger partial charge in [0.2, 0.25) is 0 Å². The van der Waals surface area contributed by atoms with Gasteiger partial charge in [0.15, 0.2) is 0 Å². The van der Waals surface area contributed by atoms with Gasteiger partial charge in [-0.2, -0.15) is 0 Å². The van der Waals surface area contributed by atoms with Crippen LogP contribution < -0.4 is 15.4 Å². The third kappa shape index (κ3) is 3.36. The van der Waals surface area contributed by atoms with E-state index in [1.54, 1.807) is 18.4 Å². The second-order valence-corrected chi connectivity index (χ2v) is 7.59. The molecule has 1 aromatic heterocycles. The number of rotatable bonds is 5. The molecule has 6 heteroatoms. The number of nitrogens with zero attached hydrogens (tertiary/aromatic N) is 1. The van der Waals surface area contributed by atoms with Crippen molar-refractivity contribution in [3.63, 3.8) is 0 Å². The standard InChI is InChI=1S/C14H16Br2N2OS/c1-18(9-4-3-5-10(6-9)19-2)12(8-17)13-7-11(15)14(16)20-13/h3-7,12H,8,17H2,1-2H3. The second kappa shape index (κ2) is 6.93. The minimum atomic E-state index is 0.134. The van der Waals surface area contributed by atoms with E-state index >= 15 is 0 Å². The zero-order valence-corrected chi connectivity index (χ0v) is 15.3. The lowest BCUT2D eigenvalue weighted by Crippen LogP contribution is -2.29. The maximum absolute atomic E-state index is 5.98. The molecule has 3 nitrogen and oxygen atoms in total. The van der Waals surface area contributed by atoms with Gasteiger partial charge in [-0.05, 0) is 50.1 Å². The summed E-state index contributed by atoms with van der Waals surface area (Å²) >= 11 is 8.76. The summed E-state index contributed by atoms with van der Waals surface area (Å²) in [4.78, 5) is 3.39. The van der Waals surface area contributed by atoms with Gasteiger partial charge in [0.1, 0.15) is 5.75 Å². The van der Waals surface area contributed by atoms with E-state index in [4.69, 9.17) is 10.5 Å². The smallest absolute Gasteiger partial charge is 0.120 e. The van der Waals surface area contributed by atoms with Gasteiger partial charge >= 0.3 is 0 Å². The van der Waals surface area contributed by atoms with Crippen molar-refractivity contribution in [1.29, 1.82) is 0 Å². The first-order valence-corrected chi connectivity index (χ1v) is 8.48. The van der Waals surface area contributed by atoms with Crippen LogP contribution in [0.5, 0.6) is 5.75 Å². The van der Waals surface area contributed by atoms with Crippen LogP contribution in [0, 0.1) is 0 Å². The average Bonchev–Trinajstić information content (AvgIpc) is 2.79.